The van der Waals surface area contributed by atoms with Crippen LogP contribution < -0.4 is 15.4 Å². The number of nitrogens with one attached hydrogen (secondary N) is 2. The molecule has 0 aromatic carbocycles. The molecule has 0 atom stereocenters. The van der Waals surface area contributed by atoms with E-state index in [1.165, 1.54) is 0 Å². The summed E-state index contributed by atoms with van der Waals surface area (Å²) in [6.45, 7) is 3.44. The number of nitrogens with zero attached hydrogens (tertiary/aromatic N) is 2. The molecule has 0 spiro atoms. The van der Waals surface area contributed by atoms with Gasteiger partial charge in [-0.25, -0.2) is 9.98 Å². The normalized spacial score (nSPS) is 14.7. The van der Waals surface area contributed by atoms with Crippen molar-refractivity contribution in [2.45, 2.75) is 32.4 Å². The average molecular weight is 402 g/mol. The standard InChI is InChI=1S/C15H22N4O.HI/c1-3-16-15(19-12-7-4-5-8-12)17-11-13-9-6-10-14(18-13)20-2;/h4-6,9-10,12H,3,7-8,11H2,1-2H3,(H2,16,17,19);1H. The molecule has 21 heavy (non-hydrogen) atoms. The molecule has 1 aliphatic carbocycles. The molecule has 2 rings (SSSR count). The van der Waals surface area contributed by atoms with Gasteiger partial charge in [-0.2, -0.15) is 0 Å². The number of pyridine rings is 1. The summed E-state index contributed by atoms with van der Waals surface area (Å²) in [5.74, 6) is 1.46. The largest absolute Gasteiger partial charge is 0.481 e. The highest BCUT2D eigenvalue weighted by atomic mass is 127. The van der Waals surface area contributed by atoms with Crippen LogP contribution in [0, 0.1) is 0 Å². The Labute approximate surface area is 143 Å². The van der Waals surface area contributed by atoms with Gasteiger partial charge in [0, 0.05) is 18.7 Å². The smallest absolute Gasteiger partial charge is 0.213 e. The van der Waals surface area contributed by atoms with Gasteiger partial charge in [-0.1, -0.05) is 18.2 Å². The third kappa shape index (κ3) is 5.91. The average Bonchev–Trinajstić information content (AvgIpc) is 2.98. The lowest BCUT2D eigenvalue weighted by Gasteiger charge is -2.16. The van der Waals surface area contributed by atoms with Crippen molar-refractivity contribution in [2.75, 3.05) is 13.7 Å². The molecule has 5 nitrogen and oxygen atoms in total. The summed E-state index contributed by atoms with van der Waals surface area (Å²) in [6, 6.07) is 6.16. The van der Waals surface area contributed by atoms with E-state index in [-0.39, 0.29) is 24.0 Å². The minimum atomic E-state index is 0. The zero-order chi connectivity index (χ0) is 14.2. The Morgan fingerprint density at radius 1 is 1.38 bits per heavy atom. The van der Waals surface area contributed by atoms with E-state index >= 15 is 0 Å². The Hall–Kier alpha value is -1.31. The lowest BCUT2D eigenvalue weighted by molar-refractivity contribution is 0.396. The molecule has 0 bridgehead atoms. The summed E-state index contributed by atoms with van der Waals surface area (Å²) in [5, 5.41) is 6.69. The van der Waals surface area contributed by atoms with E-state index in [4.69, 9.17) is 4.74 Å². The van der Waals surface area contributed by atoms with Gasteiger partial charge in [0.15, 0.2) is 5.96 Å². The van der Waals surface area contributed by atoms with Crippen LogP contribution in [0.5, 0.6) is 5.88 Å². The summed E-state index contributed by atoms with van der Waals surface area (Å²) in [5.41, 5.74) is 0.895. The number of hydrogen-bond acceptors (Lipinski definition) is 3. The van der Waals surface area contributed by atoms with E-state index in [9.17, 15) is 0 Å². The molecular weight excluding hydrogens is 379 g/mol. The molecular formula is C15H23IN4O. The van der Waals surface area contributed by atoms with E-state index in [0.717, 1.165) is 31.0 Å². The van der Waals surface area contributed by atoms with Crippen LogP contribution in [-0.2, 0) is 6.54 Å². The van der Waals surface area contributed by atoms with Crippen molar-refractivity contribution < 1.29 is 4.74 Å². The van der Waals surface area contributed by atoms with Gasteiger partial charge < -0.3 is 15.4 Å². The Bertz CT molecular complexity index is 482. The van der Waals surface area contributed by atoms with Crippen molar-refractivity contribution in [1.29, 1.82) is 0 Å². The second-order valence-corrected chi connectivity index (χ2v) is 4.65. The third-order valence-electron chi connectivity index (χ3n) is 3.08. The molecule has 0 unspecified atom stereocenters. The van der Waals surface area contributed by atoms with E-state index in [2.05, 4.69) is 39.7 Å². The second-order valence-electron chi connectivity index (χ2n) is 4.65. The van der Waals surface area contributed by atoms with Crippen molar-refractivity contribution in [3.8, 4) is 5.88 Å². The van der Waals surface area contributed by atoms with Crippen LogP contribution in [0.15, 0.2) is 35.3 Å². The van der Waals surface area contributed by atoms with Crippen LogP contribution >= 0.6 is 24.0 Å². The molecule has 0 saturated heterocycles. The molecule has 0 radical (unpaired) electrons. The molecule has 1 heterocycles. The van der Waals surface area contributed by atoms with Gasteiger partial charge >= 0.3 is 0 Å². The monoisotopic (exact) mass is 402 g/mol. The number of ether oxygens (including phenoxy) is 1. The summed E-state index contributed by atoms with van der Waals surface area (Å²) in [4.78, 5) is 8.93. The van der Waals surface area contributed by atoms with E-state index < -0.39 is 0 Å². The van der Waals surface area contributed by atoms with E-state index in [1.807, 2.05) is 18.2 Å². The fourth-order valence-electron chi connectivity index (χ4n) is 2.07. The number of guanidine groups is 1. The molecule has 0 amide bonds. The zero-order valence-electron chi connectivity index (χ0n) is 12.5. The number of methoxy groups -OCH3 is 1. The fraction of sp³-hybridized carbons (Fsp3) is 0.467. The second kappa shape index (κ2) is 9.59. The Morgan fingerprint density at radius 3 is 2.81 bits per heavy atom. The first-order valence-corrected chi connectivity index (χ1v) is 7.01. The van der Waals surface area contributed by atoms with Gasteiger partial charge in [0.25, 0.3) is 0 Å². The minimum absolute atomic E-state index is 0. The summed E-state index contributed by atoms with van der Waals surface area (Å²) >= 11 is 0. The van der Waals surface area contributed by atoms with Gasteiger partial charge in [-0.3, -0.25) is 0 Å². The van der Waals surface area contributed by atoms with Gasteiger partial charge in [-0.15, -0.1) is 24.0 Å². The Kier molecular flexibility index (Phi) is 8.11. The van der Waals surface area contributed by atoms with Crippen LogP contribution in [0.3, 0.4) is 0 Å². The topological polar surface area (TPSA) is 58.5 Å². The maximum atomic E-state index is 5.12. The number of aromatic nitrogens is 1. The predicted octanol–water partition coefficient (Wildman–Crippen LogP) is 2.48. The van der Waals surface area contributed by atoms with E-state index in [1.54, 1.807) is 7.11 Å². The van der Waals surface area contributed by atoms with Gasteiger partial charge in [-0.05, 0) is 25.8 Å². The Morgan fingerprint density at radius 2 is 2.14 bits per heavy atom. The molecule has 0 aliphatic heterocycles. The van der Waals surface area contributed by atoms with Crippen LogP contribution in [0.2, 0.25) is 0 Å². The number of aliphatic imine (C=N–C) groups is 1. The maximum absolute atomic E-state index is 5.12. The fourth-order valence-corrected chi connectivity index (χ4v) is 2.07. The highest BCUT2D eigenvalue weighted by Gasteiger charge is 2.11. The predicted molar refractivity (Wildman–Crippen MR) is 96.3 cm³/mol. The van der Waals surface area contributed by atoms with Crippen LogP contribution in [0.25, 0.3) is 0 Å². The zero-order valence-corrected chi connectivity index (χ0v) is 14.8. The summed E-state index contributed by atoms with van der Waals surface area (Å²) in [7, 11) is 1.62. The van der Waals surface area contributed by atoms with Gasteiger partial charge in [0.2, 0.25) is 5.88 Å². The van der Waals surface area contributed by atoms with Crippen LogP contribution in [0.4, 0.5) is 0 Å². The van der Waals surface area contributed by atoms with Crippen LogP contribution in [0.1, 0.15) is 25.5 Å². The summed E-state index contributed by atoms with van der Waals surface area (Å²) in [6.07, 6.45) is 6.51. The van der Waals surface area contributed by atoms with Crippen molar-refractivity contribution in [2.24, 2.45) is 4.99 Å². The Balaban J connectivity index is 0.00000220. The van der Waals surface area contributed by atoms with Crippen molar-refractivity contribution >= 4 is 29.9 Å². The van der Waals surface area contributed by atoms with Crippen molar-refractivity contribution in [3.05, 3.63) is 36.0 Å². The molecule has 6 heteroatoms. The molecule has 0 fully saturated rings. The number of hydrogen-bond donors (Lipinski definition) is 2. The molecule has 1 aromatic rings. The molecule has 116 valence electrons. The maximum Gasteiger partial charge on any atom is 0.213 e. The third-order valence-corrected chi connectivity index (χ3v) is 3.08. The highest BCUT2D eigenvalue weighted by molar-refractivity contribution is 14.0. The SMILES string of the molecule is CCNC(=NCc1cccc(OC)n1)NC1CC=CC1.I. The quantitative estimate of drug-likeness (QED) is 0.344. The lowest BCUT2D eigenvalue weighted by Crippen LogP contribution is -2.42. The van der Waals surface area contributed by atoms with Crippen LogP contribution in [-0.4, -0.2) is 30.6 Å². The molecule has 2 N–H and O–H groups in total. The first kappa shape index (κ1) is 17.7. The lowest BCUT2D eigenvalue weighted by atomic mass is 10.2. The van der Waals surface area contributed by atoms with Crippen molar-refractivity contribution in [1.82, 2.24) is 15.6 Å². The van der Waals surface area contributed by atoms with Gasteiger partial charge in [0.05, 0.1) is 19.3 Å². The molecule has 1 aromatic heterocycles. The first-order chi connectivity index (χ1) is 9.81. The number of rotatable bonds is 5. The molecule has 0 saturated carbocycles. The molecule has 1 aliphatic rings. The van der Waals surface area contributed by atoms with E-state index in [0.29, 0.717) is 18.5 Å². The minimum Gasteiger partial charge on any atom is -0.481 e. The number of halogens is 1. The first-order valence-electron chi connectivity index (χ1n) is 7.01. The van der Waals surface area contributed by atoms with Crippen molar-refractivity contribution in [3.63, 3.8) is 0 Å². The van der Waals surface area contributed by atoms with Gasteiger partial charge in [0.1, 0.15) is 0 Å². The summed E-state index contributed by atoms with van der Waals surface area (Å²) < 4.78 is 5.12. The highest BCUT2D eigenvalue weighted by Crippen LogP contribution is 2.09.